The molecule has 0 aromatic heterocycles. The summed E-state index contributed by atoms with van der Waals surface area (Å²) in [7, 11) is 0. The molecule has 4 nitrogen and oxygen atoms in total. The Kier molecular flexibility index (Phi) is 5.86. The fourth-order valence-corrected chi connectivity index (χ4v) is 1.66. The van der Waals surface area contributed by atoms with Gasteiger partial charge >= 0.3 is 5.97 Å². The lowest BCUT2D eigenvalue weighted by molar-refractivity contribution is 0.0689. The molecule has 16 heavy (non-hydrogen) atoms. The van der Waals surface area contributed by atoms with Gasteiger partial charge in [-0.2, -0.15) is 0 Å². The van der Waals surface area contributed by atoms with Crippen molar-refractivity contribution in [2.45, 2.75) is 0 Å². The number of ether oxygens (including phenoxy) is 2. The summed E-state index contributed by atoms with van der Waals surface area (Å²) >= 11 is 7.36. The minimum absolute atomic E-state index is 0.0990. The van der Waals surface area contributed by atoms with E-state index >= 15 is 0 Å². The van der Waals surface area contributed by atoms with Crippen LogP contribution in [0.5, 0.6) is 5.75 Å². The first-order valence-corrected chi connectivity index (χ1v) is 6.06. The zero-order valence-corrected chi connectivity index (χ0v) is 11.2. The molecule has 1 rings (SSSR count). The molecule has 0 radical (unpaired) electrons. The van der Waals surface area contributed by atoms with E-state index in [0.717, 1.165) is 3.57 Å². The Morgan fingerprint density at radius 1 is 1.44 bits per heavy atom. The lowest BCUT2D eigenvalue weighted by Crippen LogP contribution is -2.09. The first kappa shape index (κ1) is 13.5. The molecule has 0 heterocycles. The maximum Gasteiger partial charge on any atom is 0.339 e. The Morgan fingerprint density at radius 3 is 2.81 bits per heavy atom. The number of halogens is 2. The van der Waals surface area contributed by atoms with E-state index in [-0.39, 0.29) is 18.2 Å². The highest BCUT2D eigenvalue weighted by atomic mass is 127. The second-order valence-electron chi connectivity index (χ2n) is 2.81. The van der Waals surface area contributed by atoms with Gasteiger partial charge in [0.05, 0.1) is 6.61 Å². The molecule has 0 aliphatic heterocycles. The van der Waals surface area contributed by atoms with Gasteiger partial charge in [-0.15, -0.1) is 0 Å². The Labute approximate surface area is 112 Å². The number of alkyl halides is 1. The van der Waals surface area contributed by atoms with Crippen LogP contribution in [0.15, 0.2) is 18.2 Å². The van der Waals surface area contributed by atoms with Crippen molar-refractivity contribution in [1.82, 2.24) is 0 Å². The molecule has 0 atom stereocenters. The third kappa shape index (κ3) is 4.15. The van der Waals surface area contributed by atoms with E-state index in [1.165, 1.54) is 0 Å². The normalized spacial score (nSPS) is 10.1. The van der Waals surface area contributed by atoms with Gasteiger partial charge in [-0.1, -0.05) is 11.6 Å². The van der Waals surface area contributed by atoms with E-state index in [2.05, 4.69) is 0 Å². The predicted molar refractivity (Wildman–Crippen MR) is 68.3 cm³/mol. The number of rotatable bonds is 6. The number of carboxylic acid groups (broad SMARTS) is 1. The molecule has 0 spiro atoms. The fourth-order valence-electron chi connectivity index (χ4n) is 1.06. The Morgan fingerprint density at radius 2 is 2.19 bits per heavy atom. The zero-order chi connectivity index (χ0) is 12.0. The molecule has 1 aromatic carbocycles. The standard InChI is InChI=1S/C10H10ClIO4/c11-6-15-3-4-16-9-2-1-7(12)5-8(9)10(13)14/h1-2,5H,3-4,6H2,(H,13,14). The molecule has 0 saturated heterocycles. The Hall–Kier alpha value is -0.530. The quantitative estimate of drug-likeness (QED) is 0.484. The van der Waals surface area contributed by atoms with Crippen LogP contribution in [-0.2, 0) is 4.74 Å². The van der Waals surface area contributed by atoms with Crippen LogP contribution in [0.25, 0.3) is 0 Å². The summed E-state index contributed by atoms with van der Waals surface area (Å²) in [5.74, 6) is -0.669. The molecule has 1 N–H and O–H groups in total. The molecule has 1 aromatic rings. The zero-order valence-electron chi connectivity index (χ0n) is 8.28. The SMILES string of the molecule is O=C(O)c1cc(I)ccc1OCCOCCl. The summed E-state index contributed by atoms with van der Waals surface area (Å²) in [6.45, 7) is 0.599. The molecular weight excluding hydrogens is 346 g/mol. The highest BCUT2D eigenvalue weighted by Gasteiger charge is 2.11. The molecular formula is C10H10ClIO4. The smallest absolute Gasteiger partial charge is 0.339 e. The molecule has 0 saturated carbocycles. The second kappa shape index (κ2) is 6.93. The van der Waals surface area contributed by atoms with Gasteiger partial charge in [-0.05, 0) is 40.8 Å². The van der Waals surface area contributed by atoms with Crippen molar-refractivity contribution in [3.63, 3.8) is 0 Å². The van der Waals surface area contributed by atoms with Crippen LogP contribution in [-0.4, -0.2) is 30.4 Å². The molecule has 6 heteroatoms. The van der Waals surface area contributed by atoms with E-state index in [9.17, 15) is 4.79 Å². The van der Waals surface area contributed by atoms with Crippen molar-refractivity contribution in [1.29, 1.82) is 0 Å². The number of benzene rings is 1. The predicted octanol–water partition coefficient (Wildman–Crippen LogP) is 2.58. The summed E-state index contributed by atoms with van der Waals surface area (Å²) in [4.78, 5) is 10.9. The summed E-state index contributed by atoms with van der Waals surface area (Å²) < 4.78 is 11.0. The van der Waals surface area contributed by atoms with E-state index in [4.69, 9.17) is 26.2 Å². The highest BCUT2D eigenvalue weighted by Crippen LogP contribution is 2.21. The molecule has 0 aliphatic rings. The van der Waals surface area contributed by atoms with Crippen molar-refractivity contribution in [3.05, 3.63) is 27.3 Å². The largest absolute Gasteiger partial charge is 0.490 e. The number of carbonyl (C=O) groups is 1. The first-order valence-electron chi connectivity index (χ1n) is 4.44. The molecule has 0 fully saturated rings. The van der Waals surface area contributed by atoms with E-state index in [1.807, 2.05) is 22.6 Å². The Balaban J connectivity index is 2.67. The molecule has 0 unspecified atom stereocenters. The Bertz CT molecular complexity index is 370. The summed E-state index contributed by atoms with van der Waals surface area (Å²) in [5, 5.41) is 8.96. The highest BCUT2D eigenvalue weighted by molar-refractivity contribution is 14.1. The fraction of sp³-hybridized carbons (Fsp3) is 0.300. The van der Waals surface area contributed by atoms with E-state index in [1.54, 1.807) is 18.2 Å². The van der Waals surface area contributed by atoms with E-state index in [0.29, 0.717) is 12.4 Å². The van der Waals surface area contributed by atoms with Crippen LogP contribution >= 0.6 is 34.2 Å². The number of aromatic carboxylic acids is 1. The maximum absolute atomic E-state index is 10.9. The van der Waals surface area contributed by atoms with E-state index < -0.39 is 5.97 Å². The van der Waals surface area contributed by atoms with Crippen molar-refractivity contribution in [2.24, 2.45) is 0 Å². The van der Waals surface area contributed by atoms with Gasteiger partial charge in [0.25, 0.3) is 0 Å². The molecule has 0 amide bonds. The summed E-state index contributed by atoms with van der Waals surface area (Å²) in [5.41, 5.74) is 0.151. The lowest BCUT2D eigenvalue weighted by Gasteiger charge is -2.09. The monoisotopic (exact) mass is 356 g/mol. The van der Waals surface area contributed by atoms with Crippen LogP contribution in [0.3, 0.4) is 0 Å². The summed E-state index contributed by atoms with van der Waals surface area (Å²) in [6.07, 6.45) is 0. The minimum Gasteiger partial charge on any atom is -0.490 e. The topological polar surface area (TPSA) is 55.8 Å². The van der Waals surface area contributed by atoms with Crippen molar-refractivity contribution in [2.75, 3.05) is 19.3 Å². The van der Waals surface area contributed by atoms with Gasteiger partial charge in [0.1, 0.15) is 24.0 Å². The second-order valence-corrected chi connectivity index (χ2v) is 4.28. The van der Waals surface area contributed by atoms with Crippen molar-refractivity contribution in [3.8, 4) is 5.75 Å². The summed E-state index contributed by atoms with van der Waals surface area (Å²) in [6, 6.07) is 5.07. The van der Waals surface area contributed by atoms with Gasteiger partial charge in [0, 0.05) is 3.57 Å². The van der Waals surface area contributed by atoms with Gasteiger partial charge in [0.15, 0.2) is 0 Å². The number of hydrogen-bond donors (Lipinski definition) is 1. The number of hydrogen-bond acceptors (Lipinski definition) is 3. The molecule has 88 valence electrons. The minimum atomic E-state index is -1.01. The first-order chi connectivity index (χ1) is 7.65. The van der Waals surface area contributed by atoms with Crippen LogP contribution < -0.4 is 4.74 Å². The molecule has 0 bridgehead atoms. The van der Waals surface area contributed by atoms with Gasteiger partial charge in [0.2, 0.25) is 0 Å². The van der Waals surface area contributed by atoms with Crippen molar-refractivity contribution >= 4 is 40.2 Å². The van der Waals surface area contributed by atoms with Gasteiger partial charge in [-0.25, -0.2) is 4.79 Å². The van der Waals surface area contributed by atoms with Crippen LogP contribution in [0.2, 0.25) is 0 Å². The third-order valence-electron chi connectivity index (χ3n) is 1.73. The van der Waals surface area contributed by atoms with Crippen molar-refractivity contribution < 1.29 is 19.4 Å². The van der Waals surface area contributed by atoms with Gasteiger partial charge in [-0.3, -0.25) is 0 Å². The third-order valence-corrected chi connectivity index (χ3v) is 2.56. The van der Waals surface area contributed by atoms with Crippen LogP contribution in [0.4, 0.5) is 0 Å². The average molecular weight is 357 g/mol. The van der Waals surface area contributed by atoms with Crippen LogP contribution in [0.1, 0.15) is 10.4 Å². The van der Waals surface area contributed by atoms with Gasteiger partial charge < -0.3 is 14.6 Å². The lowest BCUT2D eigenvalue weighted by atomic mass is 10.2. The van der Waals surface area contributed by atoms with Crippen LogP contribution in [0, 0.1) is 3.57 Å². The number of carboxylic acids is 1. The average Bonchev–Trinajstić information content (AvgIpc) is 2.26. The molecule has 0 aliphatic carbocycles. The maximum atomic E-state index is 10.9.